The van der Waals surface area contributed by atoms with Gasteiger partial charge in [-0.15, -0.1) is 0 Å². The topological polar surface area (TPSA) is 46.9 Å². The third-order valence-corrected chi connectivity index (χ3v) is 3.73. The number of carbonyl (C=O) groups is 1. The van der Waals surface area contributed by atoms with Crippen LogP contribution in [0.5, 0.6) is 0 Å². The van der Waals surface area contributed by atoms with Gasteiger partial charge in [0.05, 0.1) is 5.69 Å². The van der Waals surface area contributed by atoms with Crippen molar-refractivity contribution < 1.29 is 9.18 Å². The van der Waals surface area contributed by atoms with Gasteiger partial charge < -0.3 is 5.32 Å². The minimum atomic E-state index is -0.628. The van der Waals surface area contributed by atoms with Gasteiger partial charge in [0.1, 0.15) is 5.56 Å². The van der Waals surface area contributed by atoms with Gasteiger partial charge in [-0.1, -0.05) is 38.1 Å². The average molecular weight is 315 g/mol. The molecule has 5 heteroatoms. The van der Waals surface area contributed by atoms with E-state index in [0.717, 1.165) is 28.7 Å². The number of para-hydroxylation sites is 1. The maximum Gasteiger partial charge on any atom is 0.262 e. The molecule has 1 aromatic carbocycles. The zero-order valence-corrected chi connectivity index (χ0v) is 14.0. The maximum absolute atomic E-state index is 14.0. The number of nitrogens with one attached hydrogen (secondary N) is 1. The molecule has 23 heavy (non-hydrogen) atoms. The van der Waals surface area contributed by atoms with E-state index in [2.05, 4.69) is 30.3 Å². The van der Waals surface area contributed by atoms with Gasteiger partial charge in [0, 0.05) is 18.3 Å². The zero-order chi connectivity index (χ0) is 17.0. The summed E-state index contributed by atoms with van der Waals surface area (Å²) in [5, 5.41) is 6.77. The minimum absolute atomic E-state index is 0.0141. The summed E-state index contributed by atoms with van der Waals surface area (Å²) in [4.78, 5) is 12.5. The number of amides is 1. The van der Waals surface area contributed by atoms with Crippen molar-refractivity contribution in [3.63, 3.8) is 0 Å². The largest absolute Gasteiger partial charge is 0.321 e. The van der Waals surface area contributed by atoms with E-state index in [0.29, 0.717) is 11.4 Å². The van der Waals surface area contributed by atoms with E-state index in [9.17, 15) is 9.18 Å². The lowest BCUT2D eigenvalue weighted by atomic mass is 10.00. The Morgan fingerprint density at radius 1 is 1.35 bits per heavy atom. The molecule has 122 valence electrons. The Labute approximate surface area is 136 Å². The van der Waals surface area contributed by atoms with Crippen LogP contribution < -0.4 is 5.32 Å². The van der Waals surface area contributed by atoms with Gasteiger partial charge in [-0.05, 0) is 31.4 Å². The molecule has 2 aromatic rings. The van der Waals surface area contributed by atoms with Crippen LogP contribution >= 0.6 is 0 Å². The number of aryl methyl sites for hydroxylation is 2. The van der Waals surface area contributed by atoms with Gasteiger partial charge in [0.2, 0.25) is 5.95 Å². The van der Waals surface area contributed by atoms with E-state index in [1.807, 2.05) is 24.3 Å². The summed E-state index contributed by atoms with van der Waals surface area (Å²) in [5.74, 6) is -1.11. The molecule has 0 saturated heterocycles. The lowest BCUT2D eigenvalue weighted by Gasteiger charge is -2.13. The molecule has 1 N–H and O–H groups in total. The first-order chi connectivity index (χ1) is 11.0. The van der Waals surface area contributed by atoms with E-state index < -0.39 is 11.9 Å². The molecule has 0 bridgehead atoms. The van der Waals surface area contributed by atoms with Gasteiger partial charge in [-0.25, -0.2) is 4.68 Å². The molecule has 0 aliphatic carbocycles. The normalized spacial score (nSPS) is 11.6. The van der Waals surface area contributed by atoms with E-state index in [4.69, 9.17) is 0 Å². The van der Waals surface area contributed by atoms with E-state index >= 15 is 0 Å². The van der Waals surface area contributed by atoms with Crippen molar-refractivity contribution in [3.05, 3.63) is 53.1 Å². The van der Waals surface area contributed by atoms with E-state index in [-0.39, 0.29) is 5.56 Å². The number of aromatic nitrogens is 2. The molecular formula is C18H22FN3O. The molecule has 0 atom stereocenters. The number of carbonyl (C=O) groups excluding carboxylic acids is 1. The molecule has 0 aliphatic heterocycles. The second-order valence-electron chi connectivity index (χ2n) is 5.37. The molecule has 0 unspecified atom stereocenters. The average Bonchev–Trinajstić information content (AvgIpc) is 2.78. The number of nitrogens with zero attached hydrogens (tertiary/aromatic N) is 2. The summed E-state index contributed by atoms with van der Waals surface area (Å²) in [6.07, 6.45) is 3.92. The molecule has 1 amide bonds. The summed E-state index contributed by atoms with van der Waals surface area (Å²) in [6.45, 7) is 5.77. The second-order valence-corrected chi connectivity index (χ2v) is 5.37. The molecule has 4 nitrogen and oxygen atoms in total. The summed E-state index contributed by atoms with van der Waals surface area (Å²) >= 11 is 0. The summed E-state index contributed by atoms with van der Waals surface area (Å²) < 4.78 is 15.1. The monoisotopic (exact) mass is 315 g/mol. The van der Waals surface area contributed by atoms with Gasteiger partial charge in [0.15, 0.2) is 0 Å². The van der Waals surface area contributed by atoms with Crippen LogP contribution in [-0.2, 0) is 7.05 Å². The van der Waals surface area contributed by atoms with Crippen LogP contribution in [0.3, 0.4) is 0 Å². The number of halogens is 1. The molecule has 1 heterocycles. The lowest BCUT2D eigenvalue weighted by Crippen LogP contribution is -2.15. The Morgan fingerprint density at radius 2 is 2.04 bits per heavy atom. The summed E-state index contributed by atoms with van der Waals surface area (Å²) in [5.41, 5.74) is 3.17. The van der Waals surface area contributed by atoms with Crippen LogP contribution in [0.2, 0.25) is 0 Å². The predicted octanol–water partition coefficient (Wildman–Crippen LogP) is 4.32. The smallest absolute Gasteiger partial charge is 0.262 e. The van der Waals surface area contributed by atoms with Gasteiger partial charge in [-0.2, -0.15) is 9.49 Å². The highest BCUT2D eigenvalue weighted by Gasteiger charge is 2.21. The van der Waals surface area contributed by atoms with Crippen molar-refractivity contribution in [3.8, 4) is 0 Å². The molecule has 1 aromatic heterocycles. The molecule has 2 rings (SSSR count). The van der Waals surface area contributed by atoms with Crippen LogP contribution in [0.4, 0.5) is 10.1 Å². The van der Waals surface area contributed by atoms with Crippen molar-refractivity contribution in [1.82, 2.24) is 9.78 Å². The summed E-state index contributed by atoms with van der Waals surface area (Å²) in [6, 6.07) is 7.58. The fourth-order valence-electron chi connectivity index (χ4n) is 2.64. The number of rotatable bonds is 5. The minimum Gasteiger partial charge on any atom is -0.321 e. The first-order valence-electron chi connectivity index (χ1n) is 7.78. The number of hydrogen-bond donors (Lipinski definition) is 1. The van der Waals surface area contributed by atoms with Crippen LogP contribution in [-0.4, -0.2) is 15.7 Å². The number of allylic oxidation sites excluding steroid dienone is 2. The van der Waals surface area contributed by atoms with E-state index in [1.54, 1.807) is 6.92 Å². The molecule has 0 aliphatic rings. The molecule has 0 saturated carbocycles. The van der Waals surface area contributed by atoms with Crippen LogP contribution in [0.25, 0.3) is 5.57 Å². The van der Waals surface area contributed by atoms with Crippen molar-refractivity contribution in [2.75, 3.05) is 5.32 Å². The van der Waals surface area contributed by atoms with Crippen molar-refractivity contribution in [1.29, 1.82) is 0 Å². The highest BCUT2D eigenvalue weighted by Crippen LogP contribution is 2.27. The highest BCUT2D eigenvalue weighted by molar-refractivity contribution is 6.06. The molecule has 0 radical (unpaired) electrons. The molecule has 0 spiro atoms. The molecular weight excluding hydrogens is 293 g/mol. The standard InChI is InChI=1S/C18H22FN3O/c1-5-9-13(6-2)14-10-7-8-11-15(14)20-18(23)16-12(3)21-22(4)17(16)19/h7-11H,5-6H2,1-4H3,(H,20,23)/b13-9+. The number of hydrogen-bond acceptors (Lipinski definition) is 2. The number of anilines is 1. The lowest BCUT2D eigenvalue weighted by molar-refractivity contribution is 0.102. The Kier molecular flexibility index (Phi) is 5.32. The van der Waals surface area contributed by atoms with Gasteiger partial charge >= 0.3 is 0 Å². The maximum atomic E-state index is 14.0. The van der Waals surface area contributed by atoms with Crippen molar-refractivity contribution >= 4 is 17.2 Å². The Morgan fingerprint density at radius 3 is 2.61 bits per heavy atom. The highest BCUT2D eigenvalue weighted by atomic mass is 19.1. The van der Waals surface area contributed by atoms with Gasteiger partial charge in [0.25, 0.3) is 5.91 Å². The van der Waals surface area contributed by atoms with Crippen LogP contribution in [0.15, 0.2) is 30.3 Å². The van der Waals surface area contributed by atoms with Crippen LogP contribution in [0, 0.1) is 12.9 Å². The predicted molar refractivity (Wildman–Crippen MR) is 90.9 cm³/mol. The van der Waals surface area contributed by atoms with Crippen molar-refractivity contribution in [2.45, 2.75) is 33.6 Å². The number of benzene rings is 1. The molecule has 0 fully saturated rings. The summed E-state index contributed by atoms with van der Waals surface area (Å²) in [7, 11) is 1.48. The van der Waals surface area contributed by atoms with E-state index in [1.165, 1.54) is 7.05 Å². The van der Waals surface area contributed by atoms with Gasteiger partial charge in [-0.3, -0.25) is 4.79 Å². The van der Waals surface area contributed by atoms with Crippen molar-refractivity contribution in [2.24, 2.45) is 7.05 Å². The Balaban J connectivity index is 2.37. The SMILES string of the molecule is CC/C=C(\CC)c1ccccc1NC(=O)c1c(C)nn(C)c1F. The first-order valence-corrected chi connectivity index (χ1v) is 7.78. The third-order valence-electron chi connectivity index (χ3n) is 3.73. The first kappa shape index (κ1) is 16.9. The fraction of sp³-hybridized carbons (Fsp3) is 0.333. The fourth-order valence-corrected chi connectivity index (χ4v) is 2.64. The second kappa shape index (κ2) is 7.22. The third kappa shape index (κ3) is 3.50. The van der Waals surface area contributed by atoms with Crippen LogP contribution in [0.1, 0.15) is 48.3 Å². The quantitative estimate of drug-likeness (QED) is 0.893. The Bertz CT molecular complexity index is 747. The Hall–Kier alpha value is -2.43. The zero-order valence-electron chi connectivity index (χ0n) is 14.0.